The molecule has 0 radical (unpaired) electrons. The second-order valence-electron chi connectivity index (χ2n) is 1.54. The van der Waals surface area contributed by atoms with Gasteiger partial charge in [0.25, 0.3) is 0 Å². The van der Waals surface area contributed by atoms with Gasteiger partial charge in [-0.3, -0.25) is 5.43 Å². The minimum atomic E-state index is -0.630. The van der Waals surface area contributed by atoms with Crippen molar-refractivity contribution in [3.8, 4) is 0 Å². The van der Waals surface area contributed by atoms with Crippen molar-refractivity contribution in [2.75, 3.05) is 7.11 Å². The molecule has 0 unspecified atom stereocenters. The Morgan fingerprint density at radius 1 is 1.40 bits per heavy atom. The predicted molar refractivity (Wildman–Crippen MR) is 36.1 cm³/mol. The van der Waals surface area contributed by atoms with Crippen molar-refractivity contribution in [2.24, 2.45) is 5.84 Å². The van der Waals surface area contributed by atoms with E-state index in [4.69, 9.17) is 0 Å². The SMILES string of the molecule is CC(C)=O.COC(=O)NN. The lowest BCUT2D eigenvalue weighted by molar-refractivity contribution is -0.114. The first-order valence-electron chi connectivity index (χ1n) is 2.56. The first-order valence-corrected chi connectivity index (χ1v) is 2.56. The zero-order valence-electron chi connectivity index (χ0n) is 6.30. The summed E-state index contributed by atoms with van der Waals surface area (Å²) < 4.78 is 4.02. The Kier molecular flexibility index (Phi) is 9.22. The monoisotopic (exact) mass is 148 g/mol. The number of nitrogens with one attached hydrogen (secondary N) is 1. The lowest BCUT2D eigenvalue weighted by Crippen LogP contribution is -2.29. The van der Waals surface area contributed by atoms with Crippen LogP contribution >= 0.6 is 0 Å². The summed E-state index contributed by atoms with van der Waals surface area (Å²) in [6.45, 7) is 3.06. The van der Waals surface area contributed by atoms with Crippen molar-refractivity contribution in [3.63, 3.8) is 0 Å². The van der Waals surface area contributed by atoms with E-state index in [1.807, 2.05) is 0 Å². The van der Waals surface area contributed by atoms with Crippen LogP contribution in [0, 0.1) is 0 Å². The van der Waals surface area contributed by atoms with Crippen molar-refractivity contribution in [3.05, 3.63) is 0 Å². The lowest BCUT2D eigenvalue weighted by Gasteiger charge is -1.90. The normalized spacial score (nSPS) is 6.80. The van der Waals surface area contributed by atoms with E-state index in [1.165, 1.54) is 21.0 Å². The maximum atomic E-state index is 9.72. The predicted octanol–water partition coefficient (Wildman–Crippen LogP) is -0.189. The number of amides is 1. The molecule has 0 bridgehead atoms. The number of ether oxygens (including phenoxy) is 1. The van der Waals surface area contributed by atoms with Gasteiger partial charge in [-0.1, -0.05) is 0 Å². The van der Waals surface area contributed by atoms with E-state index < -0.39 is 6.09 Å². The van der Waals surface area contributed by atoms with Crippen molar-refractivity contribution in [1.29, 1.82) is 0 Å². The molecule has 0 atom stereocenters. The summed E-state index contributed by atoms with van der Waals surface area (Å²) in [5, 5.41) is 0. The molecule has 0 aromatic carbocycles. The van der Waals surface area contributed by atoms with E-state index >= 15 is 0 Å². The van der Waals surface area contributed by atoms with E-state index in [-0.39, 0.29) is 5.78 Å². The molecule has 0 saturated heterocycles. The van der Waals surface area contributed by atoms with Crippen LogP contribution in [0.4, 0.5) is 4.79 Å². The Hall–Kier alpha value is -1.10. The Bertz CT molecular complexity index is 103. The fourth-order valence-electron chi connectivity index (χ4n) is 0.0589. The van der Waals surface area contributed by atoms with Crippen LogP contribution in [0.25, 0.3) is 0 Å². The highest BCUT2D eigenvalue weighted by Gasteiger charge is 1.85. The largest absolute Gasteiger partial charge is 0.452 e. The van der Waals surface area contributed by atoms with Gasteiger partial charge in [0.2, 0.25) is 0 Å². The van der Waals surface area contributed by atoms with Gasteiger partial charge in [-0.25, -0.2) is 10.6 Å². The molecular formula is C5H12N2O3. The van der Waals surface area contributed by atoms with E-state index in [9.17, 15) is 9.59 Å². The third-order valence-corrected chi connectivity index (χ3v) is 0.303. The fourth-order valence-corrected chi connectivity index (χ4v) is 0.0589. The van der Waals surface area contributed by atoms with Gasteiger partial charge in [0.05, 0.1) is 7.11 Å². The van der Waals surface area contributed by atoms with Gasteiger partial charge in [-0.2, -0.15) is 0 Å². The van der Waals surface area contributed by atoms with Crippen LogP contribution < -0.4 is 11.3 Å². The van der Waals surface area contributed by atoms with Gasteiger partial charge in [0, 0.05) is 0 Å². The smallest absolute Gasteiger partial charge is 0.421 e. The van der Waals surface area contributed by atoms with Crippen molar-refractivity contribution in [2.45, 2.75) is 13.8 Å². The third kappa shape index (κ3) is 28.6. The second-order valence-corrected chi connectivity index (χ2v) is 1.54. The lowest BCUT2D eigenvalue weighted by atomic mass is 10.6. The maximum Gasteiger partial charge on any atom is 0.421 e. The summed E-state index contributed by atoms with van der Waals surface area (Å²) in [6, 6.07) is 0. The van der Waals surface area contributed by atoms with Crippen LogP contribution in [0.1, 0.15) is 13.8 Å². The number of Topliss-reactive ketones (excluding diaryl/α,β-unsaturated/α-hetero) is 1. The average molecular weight is 148 g/mol. The number of hydrazine groups is 1. The van der Waals surface area contributed by atoms with Crippen LogP contribution in [-0.2, 0) is 9.53 Å². The standard InChI is InChI=1S/C3H6O.C2H6N2O2/c1-3(2)4;1-6-2(5)4-3/h1-2H3;3H2,1H3,(H,4,5). The summed E-state index contributed by atoms with van der Waals surface area (Å²) >= 11 is 0. The molecule has 0 aliphatic heterocycles. The van der Waals surface area contributed by atoms with Crippen LogP contribution in [0.15, 0.2) is 0 Å². The minimum Gasteiger partial charge on any atom is -0.452 e. The van der Waals surface area contributed by atoms with Crippen LogP contribution in [-0.4, -0.2) is 19.0 Å². The number of ketones is 1. The molecular weight excluding hydrogens is 136 g/mol. The summed E-state index contributed by atoms with van der Waals surface area (Å²) in [6.07, 6.45) is -0.630. The molecule has 0 fully saturated rings. The van der Waals surface area contributed by atoms with Gasteiger partial charge >= 0.3 is 6.09 Å². The first kappa shape index (κ1) is 11.7. The number of methoxy groups -OCH3 is 1. The molecule has 0 aromatic heterocycles. The maximum absolute atomic E-state index is 9.72. The first-order chi connectivity index (χ1) is 4.54. The summed E-state index contributed by atoms with van der Waals surface area (Å²) in [5.74, 6) is 4.72. The molecule has 3 N–H and O–H groups in total. The highest BCUT2D eigenvalue weighted by atomic mass is 16.5. The zero-order chi connectivity index (χ0) is 8.57. The quantitative estimate of drug-likeness (QED) is 0.283. The Balaban J connectivity index is 0. The van der Waals surface area contributed by atoms with Gasteiger partial charge in [-0.05, 0) is 13.8 Å². The topological polar surface area (TPSA) is 81.4 Å². The number of carbonyl (C=O) groups excluding carboxylic acids is 2. The van der Waals surface area contributed by atoms with Crippen LogP contribution in [0.3, 0.4) is 0 Å². The van der Waals surface area contributed by atoms with Gasteiger partial charge in [0.1, 0.15) is 5.78 Å². The molecule has 10 heavy (non-hydrogen) atoms. The van der Waals surface area contributed by atoms with Crippen LogP contribution in [0.5, 0.6) is 0 Å². The van der Waals surface area contributed by atoms with Gasteiger partial charge in [-0.15, -0.1) is 0 Å². The van der Waals surface area contributed by atoms with E-state index in [2.05, 4.69) is 10.6 Å². The summed E-state index contributed by atoms with van der Waals surface area (Å²) in [5.41, 5.74) is 1.75. The summed E-state index contributed by atoms with van der Waals surface area (Å²) in [4.78, 5) is 19.2. The summed E-state index contributed by atoms with van der Waals surface area (Å²) in [7, 11) is 1.24. The molecule has 0 aliphatic carbocycles. The van der Waals surface area contributed by atoms with Crippen LogP contribution in [0.2, 0.25) is 0 Å². The molecule has 0 saturated carbocycles. The van der Waals surface area contributed by atoms with E-state index in [0.717, 1.165) is 0 Å². The highest BCUT2D eigenvalue weighted by molar-refractivity contribution is 5.72. The van der Waals surface area contributed by atoms with Gasteiger partial charge < -0.3 is 9.53 Å². The molecule has 0 spiro atoms. The Morgan fingerprint density at radius 2 is 1.70 bits per heavy atom. The molecule has 0 heterocycles. The van der Waals surface area contributed by atoms with E-state index in [1.54, 1.807) is 5.43 Å². The van der Waals surface area contributed by atoms with Crippen molar-refractivity contribution in [1.82, 2.24) is 5.43 Å². The molecule has 5 nitrogen and oxygen atoms in total. The zero-order valence-corrected chi connectivity index (χ0v) is 6.30. The number of hydrogen-bond acceptors (Lipinski definition) is 4. The van der Waals surface area contributed by atoms with Crippen molar-refractivity contribution >= 4 is 11.9 Å². The molecule has 1 amide bonds. The molecule has 0 aromatic rings. The number of carbonyl (C=O) groups is 2. The fraction of sp³-hybridized carbons (Fsp3) is 0.600. The number of rotatable bonds is 0. The number of hydrogen-bond donors (Lipinski definition) is 2. The molecule has 0 rings (SSSR count). The Morgan fingerprint density at radius 3 is 1.70 bits per heavy atom. The molecule has 60 valence electrons. The minimum absolute atomic E-state index is 0.167. The average Bonchev–Trinajstić information content (AvgIpc) is 1.85. The van der Waals surface area contributed by atoms with Crippen molar-refractivity contribution < 1.29 is 14.3 Å². The van der Waals surface area contributed by atoms with Gasteiger partial charge in [0.15, 0.2) is 0 Å². The second kappa shape index (κ2) is 7.90. The van der Waals surface area contributed by atoms with E-state index in [0.29, 0.717) is 0 Å². The molecule has 5 heteroatoms. The highest BCUT2D eigenvalue weighted by Crippen LogP contribution is 1.60. The molecule has 0 aliphatic rings. The number of nitrogens with two attached hydrogens (primary N) is 1. The third-order valence-electron chi connectivity index (χ3n) is 0.303. The Labute approximate surface area is 59.5 Å².